The van der Waals surface area contributed by atoms with Gasteiger partial charge in [0.1, 0.15) is 5.82 Å². The lowest BCUT2D eigenvalue weighted by atomic mass is 10.1. The third-order valence-electron chi connectivity index (χ3n) is 4.09. The topological polar surface area (TPSA) is 96.7 Å². The summed E-state index contributed by atoms with van der Waals surface area (Å²) >= 11 is 0. The molecule has 22 heavy (non-hydrogen) atoms. The summed E-state index contributed by atoms with van der Waals surface area (Å²) in [6, 6.07) is 7.55. The molecule has 7 heteroatoms. The predicted molar refractivity (Wildman–Crippen MR) is 85.8 cm³/mol. The number of rotatable bonds is 4. The molecule has 2 aliphatic rings. The Kier molecular flexibility index (Phi) is 3.66. The molecule has 0 atom stereocenters. The van der Waals surface area contributed by atoms with Crippen LogP contribution in [0, 0.1) is 0 Å². The maximum absolute atomic E-state index is 12.0. The number of halogens is 1. The molecule has 1 aromatic carbocycles. The van der Waals surface area contributed by atoms with Gasteiger partial charge >= 0.3 is 0 Å². The first kappa shape index (κ1) is 15.0. The van der Waals surface area contributed by atoms with Crippen LogP contribution >= 0.6 is 12.4 Å². The number of aromatic amines is 1. The Morgan fingerprint density at radius 1 is 1.36 bits per heavy atom. The summed E-state index contributed by atoms with van der Waals surface area (Å²) in [5, 5.41) is 10.1. The molecule has 0 bridgehead atoms. The van der Waals surface area contributed by atoms with Crippen LogP contribution < -0.4 is 11.1 Å². The van der Waals surface area contributed by atoms with Crippen molar-refractivity contribution in [3.63, 3.8) is 0 Å². The van der Waals surface area contributed by atoms with Crippen LogP contribution in [0.15, 0.2) is 24.3 Å². The zero-order valence-corrected chi connectivity index (χ0v) is 12.8. The highest BCUT2D eigenvalue weighted by atomic mass is 35.5. The van der Waals surface area contributed by atoms with Crippen LogP contribution in [0.25, 0.3) is 11.4 Å². The SMILES string of the molecule is Cl.NC1(C(=O)Nc2cccc(-c3n[nH]c(C4CC4)n3)c2)CC1. The molecular formula is C15H18ClN5O. The third-order valence-corrected chi connectivity index (χ3v) is 4.09. The van der Waals surface area contributed by atoms with Gasteiger partial charge < -0.3 is 11.1 Å². The molecule has 0 radical (unpaired) electrons. The maximum atomic E-state index is 12.0. The molecule has 6 nitrogen and oxygen atoms in total. The number of amides is 1. The molecule has 2 aromatic rings. The first-order valence-electron chi connectivity index (χ1n) is 7.27. The minimum absolute atomic E-state index is 0. The van der Waals surface area contributed by atoms with Crippen molar-refractivity contribution >= 4 is 24.0 Å². The highest BCUT2D eigenvalue weighted by molar-refractivity contribution is 6.00. The summed E-state index contributed by atoms with van der Waals surface area (Å²) in [7, 11) is 0. The molecule has 0 aliphatic heterocycles. The van der Waals surface area contributed by atoms with Gasteiger partial charge in [-0.1, -0.05) is 12.1 Å². The van der Waals surface area contributed by atoms with E-state index in [1.165, 1.54) is 12.8 Å². The Hall–Kier alpha value is -1.92. The van der Waals surface area contributed by atoms with Crippen molar-refractivity contribution < 1.29 is 4.79 Å². The van der Waals surface area contributed by atoms with Gasteiger partial charge in [-0.25, -0.2) is 4.98 Å². The van der Waals surface area contributed by atoms with Crippen LogP contribution in [-0.4, -0.2) is 26.6 Å². The number of aromatic nitrogens is 3. The summed E-state index contributed by atoms with van der Waals surface area (Å²) in [4.78, 5) is 16.5. The van der Waals surface area contributed by atoms with Crippen LogP contribution in [-0.2, 0) is 4.79 Å². The quantitative estimate of drug-likeness (QED) is 0.804. The number of hydrogen-bond donors (Lipinski definition) is 3. The summed E-state index contributed by atoms with van der Waals surface area (Å²) in [6.45, 7) is 0. The molecule has 116 valence electrons. The van der Waals surface area contributed by atoms with E-state index in [2.05, 4.69) is 20.5 Å². The molecule has 2 fully saturated rings. The molecule has 0 unspecified atom stereocenters. The number of nitrogens with two attached hydrogens (primary N) is 1. The fourth-order valence-corrected chi connectivity index (χ4v) is 2.30. The van der Waals surface area contributed by atoms with E-state index in [1.54, 1.807) is 0 Å². The maximum Gasteiger partial charge on any atom is 0.244 e. The molecule has 2 aliphatic carbocycles. The molecule has 4 rings (SSSR count). The second kappa shape index (κ2) is 5.37. The number of carbonyl (C=O) groups excluding carboxylic acids is 1. The Balaban J connectivity index is 0.00000144. The van der Waals surface area contributed by atoms with Gasteiger partial charge in [0.05, 0.1) is 5.54 Å². The van der Waals surface area contributed by atoms with Crippen molar-refractivity contribution in [2.75, 3.05) is 5.32 Å². The molecule has 2 saturated carbocycles. The van der Waals surface area contributed by atoms with E-state index in [0.29, 0.717) is 11.7 Å². The number of carbonyl (C=O) groups is 1. The Morgan fingerprint density at radius 2 is 2.14 bits per heavy atom. The van der Waals surface area contributed by atoms with E-state index >= 15 is 0 Å². The summed E-state index contributed by atoms with van der Waals surface area (Å²) in [5.41, 5.74) is 6.84. The standard InChI is InChI=1S/C15H17N5O.ClH/c16-15(6-7-15)14(21)17-11-3-1-2-10(8-11)13-18-12(19-20-13)9-4-5-9;/h1-3,8-9H,4-7,16H2,(H,17,21)(H,18,19,20);1H. The van der Waals surface area contributed by atoms with Gasteiger partial charge in [-0.05, 0) is 37.8 Å². The lowest BCUT2D eigenvalue weighted by Gasteiger charge is -2.10. The van der Waals surface area contributed by atoms with E-state index in [-0.39, 0.29) is 18.3 Å². The van der Waals surface area contributed by atoms with Crippen LogP contribution in [0.4, 0.5) is 5.69 Å². The molecule has 1 amide bonds. The first-order chi connectivity index (χ1) is 10.1. The number of anilines is 1. The zero-order valence-electron chi connectivity index (χ0n) is 12.0. The van der Waals surface area contributed by atoms with E-state index in [0.717, 1.165) is 29.9 Å². The van der Waals surface area contributed by atoms with Crippen LogP contribution in [0.5, 0.6) is 0 Å². The van der Waals surface area contributed by atoms with Gasteiger partial charge in [0.15, 0.2) is 5.82 Å². The highest BCUT2D eigenvalue weighted by Crippen LogP contribution is 2.38. The summed E-state index contributed by atoms with van der Waals surface area (Å²) in [6.07, 6.45) is 3.88. The average Bonchev–Trinajstić information content (AvgIpc) is 3.41. The first-order valence-corrected chi connectivity index (χ1v) is 7.27. The Morgan fingerprint density at radius 3 is 2.82 bits per heavy atom. The average molecular weight is 320 g/mol. The molecule has 0 saturated heterocycles. The van der Waals surface area contributed by atoms with Crippen LogP contribution in [0.2, 0.25) is 0 Å². The lowest BCUT2D eigenvalue weighted by molar-refractivity contribution is -0.118. The fourth-order valence-electron chi connectivity index (χ4n) is 2.30. The molecule has 1 heterocycles. The van der Waals surface area contributed by atoms with Gasteiger partial charge in [-0.3, -0.25) is 9.89 Å². The van der Waals surface area contributed by atoms with Gasteiger partial charge in [-0.15, -0.1) is 12.4 Å². The Bertz CT molecular complexity index is 705. The third kappa shape index (κ3) is 2.84. The van der Waals surface area contributed by atoms with Crippen molar-refractivity contribution in [1.29, 1.82) is 0 Å². The number of benzene rings is 1. The Labute approximate surface area is 134 Å². The predicted octanol–water partition coefficient (Wildman–Crippen LogP) is 2.20. The number of nitrogens with one attached hydrogen (secondary N) is 2. The van der Waals surface area contributed by atoms with Gasteiger partial charge in [0.2, 0.25) is 5.91 Å². The normalized spacial score (nSPS) is 18.4. The van der Waals surface area contributed by atoms with E-state index < -0.39 is 5.54 Å². The monoisotopic (exact) mass is 319 g/mol. The number of hydrogen-bond acceptors (Lipinski definition) is 4. The van der Waals surface area contributed by atoms with Crippen molar-refractivity contribution in [3.05, 3.63) is 30.1 Å². The highest BCUT2D eigenvalue weighted by Gasteiger charge is 2.45. The fraction of sp³-hybridized carbons (Fsp3) is 0.400. The van der Waals surface area contributed by atoms with Crippen LogP contribution in [0.3, 0.4) is 0 Å². The number of nitrogens with zero attached hydrogens (tertiary/aromatic N) is 2. The molecule has 4 N–H and O–H groups in total. The van der Waals surface area contributed by atoms with E-state index in [9.17, 15) is 4.79 Å². The van der Waals surface area contributed by atoms with Crippen molar-refractivity contribution in [2.24, 2.45) is 5.73 Å². The zero-order chi connectivity index (χ0) is 14.4. The van der Waals surface area contributed by atoms with Gasteiger partial charge in [0.25, 0.3) is 0 Å². The minimum Gasteiger partial charge on any atom is -0.324 e. The molecule has 0 spiro atoms. The van der Waals surface area contributed by atoms with Gasteiger partial charge in [0, 0.05) is 17.2 Å². The van der Waals surface area contributed by atoms with Crippen LogP contribution in [0.1, 0.15) is 37.4 Å². The van der Waals surface area contributed by atoms with Crippen molar-refractivity contribution in [2.45, 2.75) is 37.1 Å². The molecule has 1 aromatic heterocycles. The largest absolute Gasteiger partial charge is 0.324 e. The summed E-state index contributed by atoms with van der Waals surface area (Å²) in [5.74, 6) is 2.05. The smallest absolute Gasteiger partial charge is 0.244 e. The van der Waals surface area contributed by atoms with E-state index in [4.69, 9.17) is 5.73 Å². The number of H-pyrrole nitrogens is 1. The minimum atomic E-state index is -0.667. The second-order valence-electron chi connectivity index (χ2n) is 6.01. The summed E-state index contributed by atoms with van der Waals surface area (Å²) < 4.78 is 0. The molecular weight excluding hydrogens is 302 g/mol. The van der Waals surface area contributed by atoms with Crippen molar-refractivity contribution in [1.82, 2.24) is 15.2 Å². The lowest BCUT2D eigenvalue weighted by Crippen LogP contribution is -2.37. The van der Waals surface area contributed by atoms with Crippen molar-refractivity contribution in [3.8, 4) is 11.4 Å². The van der Waals surface area contributed by atoms with E-state index in [1.807, 2.05) is 24.3 Å². The van der Waals surface area contributed by atoms with Gasteiger partial charge in [-0.2, -0.15) is 5.10 Å². The second-order valence-corrected chi connectivity index (χ2v) is 6.01.